The number of rotatable bonds is 5. The summed E-state index contributed by atoms with van der Waals surface area (Å²) in [5.74, 6) is -1.93. The van der Waals surface area contributed by atoms with Crippen molar-refractivity contribution in [3.8, 4) is 0 Å². The number of carbonyl (C=O) groups excluding carboxylic acids is 2. The lowest BCUT2D eigenvalue weighted by Crippen LogP contribution is -2.27. The van der Waals surface area contributed by atoms with E-state index in [2.05, 4.69) is 4.74 Å². The highest BCUT2D eigenvalue weighted by Gasteiger charge is 2.13. The molecule has 0 spiro atoms. The number of carboxylic acids is 1. The first kappa shape index (κ1) is 11.9. The molecule has 0 rings (SSSR count). The second kappa shape index (κ2) is 5.53. The largest absolute Gasteiger partial charge is 0.550 e. The third-order valence-electron chi connectivity index (χ3n) is 1.53. The van der Waals surface area contributed by atoms with E-state index < -0.39 is 24.1 Å². The third-order valence-corrected chi connectivity index (χ3v) is 1.53. The van der Waals surface area contributed by atoms with Crippen LogP contribution >= 0.6 is 0 Å². The average molecular weight is 189 g/mol. The highest BCUT2D eigenvalue weighted by molar-refractivity contribution is 5.75. The van der Waals surface area contributed by atoms with Crippen LogP contribution in [-0.4, -0.2) is 29.3 Å². The van der Waals surface area contributed by atoms with E-state index in [-0.39, 0.29) is 12.8 Å². The predicted molar refractivity (Wildman–Crippen MR) is 41.5 cm³/mol. The van der Waals surface area contributed by atoms with Gasteiger partial charge in [0.1, 0.15) is 6.10 Å². The number of hydrogen-bond donors (Lipinski definition) is 1. The van der Waals surface area contributed by atoms with Crippen molar-refractivity contribution >= 4 is 11.9 Å². The molecule has 76 valence electrons. The first-order valence-electron chi connectivity index (χ1n) is 4.01. The Kier molecular flexibility index (Phi) is 5.06. The summed E-state index contributed by atoms with van der Waals surface area (Å²) in [5, 5.41) is 18.9. The molecule has 5 heteroatoms. The van der Waals surface area contributed by atoms with Gasteiger partial charge in [-0.2, -0.15) is 0 Å². The highest BCUT2D eigenvalue weighted by atomic mass is 16.6. The second-order valence-corrected chi connectivity index (χ2v) is 2.81. The molecule has 0 aromatic heterocycles. The van der Waals surface area contributed by atoms with Gasteiger partial charge >= 0.3 is 5.97 Å². The second-order valence-electron chi connectivity index (χ2n) is 2.81. The molecule has 0 aliphatic carbocycles. The first-order chi connectivity index (χ1) is 5.93. The van der Waals surface area contributed by atoms with Gasteiger partial charge < -0.3 is 19.7 Å². The lowest BCUT2D eigenvalue weighted by Gasteiger charge is -2.15. The van der Waals surface area contributed by atoms with Gasteiger partial charge in [0, 0.05) is 5.97 Å². The zero-order chi connectivity index (χ0) is 10.4. The summed E-state index contributed by atoms with van der Waals surface area (Å²) in [4.78, 5) is 20.8. The fraction of sp³-hybridized carbons (Fsp3) is 0.750. The quantitative estimate of drug-likeness (QED) is 0.550. The van der Waals surface area contributed by atoms with Crippen LogP contribution in [0.15, 0.2) is 0 Å². The molecule has 0 radical (unpaired) electrons. The van der Waals surface area contributed by atoms with Gasteiger partial charge in [-0.15, -0.1) is 0 Å². The SMILES string of the molecule is CC(O)C(C)OC(=O)CCC(=O)[O-]. The van der Waals surface area contributed by atoms with Crippen LogP contribution in [0, 0.1) is 0 Å². The van der Waals surface area contributed by atoms with Crippen LogP contribution in [0.2, 0.25) is 0 Å². The maximum absolute atomic E-state index is 10.8. The van der Waals surface area contributed by atoms with E-state index in [0.29, 0.717) is 0 Å². The average Bonchev–Trinajstić information content (AvgIpc) is 2.00. The van der Waals surface area contributed by atoms with Crippen LogP contribution in [-0.2, 0) is 14.3 Å². The summed E-state index contributed by atoms with van der Waals surface area (Å²) in [7, 11) is 0. The standard InChI is InChI=1S/C8H14O5/c1-5(9)6(2)13-8(12)4-3-7(10)11/h5-6,9H,3-4H2,1-2H3,(H,10,11)/p-1. The van der Waals surface area contributed by atoms with Crippen molar-refractivity contribution in [3.05, 3.63) is 0 Å². The van der Waals surface area contributed by atoms with Crippen LogP contribution in [0.3, 0.4) is 0 Å². The van der Waals surface area contributed by atoms with E-state index in [1.165, 1.54) is 13.8 Å². The number of aliphatic hydroxyl groups is 1. The smallest absolute Gasteiger partial charge is 0.306 e. The number of hydrogen-bond acceptors (Lipinski definition) is 5. The monoisotopic (exact) mass is 189 g/mol. The maximum atomic E-state index is 10.8. The molecule has 0 bridgehead atoms. The molecule has 0 aliphatic rings. The van der Waals surface area contributed by atoms with Crippen molar-refractivity contribution in [1.82, 2.24) is 0 Å². The minimum Gasteiger partial charge on any atom is -0.550 e. The van der Waals surface area contributed by atoms with Gasteiger partial charge in [-0.1, -0.05) is 0 Å². The fourth-order valence-electron chi connectivity index (χ4n) is 0.569. The van der Waals surface area contributed by atoms with Crippen molar-refractivity contribution < 1.29 is 24.5 Å². The Morgan fingerprint density at radius 1 is 1.38 bits per heavy atom. The maximum Gasteiger partial charge on any atom is 0.306 e. The Labute approximate surface area is 76.3 Å². The van der Waals surface area contributed by atoms with Crippen LogP contribution in [0.1, 0.15) is 26.7 Å². The minimum atomic E-state index is -1.29. The number of ether oxygens (including phenoxy) is 1. The van der Waals surface area contributed by atoms with Crippen molar-refractivity contribution in [2.75, 3.05) is 0 Å². The van der Waals surface area contributed by atoms with Crippen LogP contribution in [0.25, 0.3) is 0 Å². The molecule has 13 heavy (non-hydrogen) atoms. The first-order valence-corrected chi connectivity index (χ1v) is 4.01. The molecule has 0 aromatic carbocycles. The Bertz CT molecular complexity index is 187. The molecule has 2 atom stereocenters. The molecule has 0 aliphatic heterocycles. The molecule has 0 fully saturated rings. The Balaban J connectivity index is 3.68. The molecular weight excluding hydrogens is 176 g/mol. The number of carboxylic acid groups (broad SMARTS) is 1. The van der Waals surface area contributed by atoms with Gasteiger partial charge in [-0.25, -0.2) is 0 Å². The van der Waals surface area contributed by atoms with Gasteiger partial charge in [-0.05, 0) is 20.3 Å². The minimum absolute atomic E-state index is 0.223. The Hall–Kier alpha value is -1.10. The van der Waals surface area contributed by atoms with E-state index in [9.17, 15) is 14.7 Å². The molecule has 5 nitrogen and oxygen atoms in total. The van der Waals surface area contributed by atoms with Crippen molar-refractivity contribution in [2.24, 2.45) is 0 Å². The fourth-order valence-corrected chi connectivity index (χ4v) is 0.569. The Morgan fingerprint density at radius 2 is 1.92 bits per heavy atom. The molecule has 0 amide bonds. The molecule has 0 saturated heterocycles. The van der Waals surface area contributed by atoms with E-state index in [4.69, 9.17) is 5.11 Å². The van der Waals surface area contributed by atoms with Crippen molar-refractivity contribution in [1.29, 1.82) is 0 Å². The van der Waals surface area contributed by atoms with E-state index >= 15 is 0 Å². The van der Waals surface area contributed by atoms with Gasteiger partial charge in [0.15, 0.2) is 0 Å². The third kappa shape index (κ3) is 6.10. The van der Waals surface area contributed by atoms with Crippen molar-refractivity contribution in [2.45, 2.75) is 38.9 Å². The summed E-state index contributed by atoms with van der Waals surface area (Å²) < 4.78 is 4.68. The molecule has 0 heterocycles. The van der Waals surface area contributed by atoms with Crippen molar-refractivity contribution in [3.63, 3.8) is 0 Å². The van der Waals surface area contributed by atoms with Gasteiger partial charge in [0.25, 0.3) is 0 Å². The molecule has 0 aromatic rings. The molecule has 0 saturated carbocycles. The lowest BCUT2D eigenvalue weighted by molar-refractivity contribution is -0.305. The number of aliphatic carboxylic acids is 1. The van der Waals surface area contributed by atoms with Crippen LogP contribution in [0.5, 0.6) is 0 Å². The number of aliphatic hydroxyl groups excluding tert-OH is 1. The summed E-state index contributed by atoms with van der Waals surface area (Å²) in [6.45, 7) is 3.01. The molecular formula is C8H13O5-. The number of esters is 1. The molecule has 2 unspecified atom stereocenters. The van der Waals surface area contributed by atoms with Gasteiger partial charge in [0.2, 0.25) is 0 Å². The van der Waals surface area contributed by atoms with Gasteiger partial charge in [-0.3, -0.25) is 4.79 Å². The van der Waals surface area contributed by atoms with Crippen LogP contribution < -0.4 is 5.11 Å². The summed E-state index contributed by atoms with van der Waals surface area (Å²) in [6.07, 6.45) is -1.95. The summed E-state index contributed by atoms with van der Waals surface area (Å²) in [6, 6.07) is 0. The van der Waals surface area contributed by atoms with E-state index in [0.717, 1.165) is 0 Å². The molecule has 1 N–H and O–H groups in total. The predicted octanol–water partition coefficient (Wildman–Crippen LogP) is -1.17. The van der Waals surface area contributed by atoms with E-state index in [1.54, 1.807) is 0 Å². The van der Waals surface area contributed by atoms with E-state index in [1.807, 2.05) is 0 Å². The normalized spacial score (nSPS) is 14.7. The zero-order valence-electron chi connectivity index (χ0n) is 7.65. The highest BCUT2D eigenvalue weighted by Crippen LogP contribution is 2.01. The summed E-state index contributed by atoms with van der Waals surface area (Å²) in [5.41, 5.74) is 0. The van der Waals surface area contributed by atoms with Crippen LogP contribution in [0.4, 0.5) is 0 Å². The summed E-state index contributed by atoms with van der Waals surface area (Å²) >= 11 is 0. The lowest BCUT2D eigenvalue weighted by atomic mass is 10.2. The zero-order valence-corrected chi connectivity index (χ0v) is 7.65. The topological polar surface area (TPSA) is 86.7 Å². The van der Waals surface area contributed by atoms with Gasteiger partial charge in [0.05, 0.1) is 12.5 Å². The Morgan fingerprint density at radius 3 is 2.31 bits per heavy atom. The number of carbonyl (C=O) groups is 2.